The van der Waals surface area contributed by atoms with Gasteiger partial charge in [-0.3, -0.25) is 0 Å². The third-order valence-corrected chi connectivity index (χ3v) is 6.65. The number of hydrogen-bond donors (Lipinski definition) is 1. The molecule has 1 heterocycles. The molecule has 1 aromatic heterocycles. The fourth-order valence-electron chi connectivity index (χ4n) is 2.57. The second-order valence-electron chi connectivity index (χ2n) is 6.62. The first-order valence-electron chi connectivity index (χ1n) is 9.08. The van der Waals surface area contributed by atoms with Crippen molar-refractivity contribution in [2.24, 2.45) is 0 Å². The average molecular weight is 683 g/mol. The van der Waals surface area contributed by atoms with Gasteiger partial charge in [-0.05, 0) is 30.7 Å². The monoisotopic (exact) mass is 679 g/mol. The first kappa shape index (κ1) is 29.7. The number of nitrogens with one attached hydrogen (secondary N) is 1. The Balaban J connectivity index is 2.10. The number of alkyl halides is 6. The predicted molar refractivity (Wildman–Crippen MR) is 136 cm³/mol. The lowest BCUT2D eigenvalue weighted by Crippen LogP contribution is -2.51. The molecule has 1 aromatic carbocycles. The Morgan fingerprint density at radius 3 is 2.26 bits per heavy atom. The summed E-state index contributed by atoms with van der Waals surface area (Å²) in [6.45, 7) is -1.23. The van der Waals surface area contributed by atoms with E-state index in [1.54, 1.807) is 11.6 Å². The van der Waals surface area contributed by atoms with E-state index in [2.05, 4.69) is 25.4 Å². The Kier molecular flexibility index (Phi) is 10.6. The van der Waals surface area contributed by atoms with E-state index in [4.69, 9.17) is 69.6 Å². The fraction of sp³-hybridized carbons (Fsp3) is 0.412. The number of hydrogen-bond acceptors (Lipinski definition) is 6. The molecule has 0 aliphatic rings. The largest absolute Gasteiger partial charge is 0.444 e. The number of carbonyl (C=O) groups is 2. The van der Waals surface area contributed by atoms with Gasteiger partial charge in [0.2, 0.25) is 7.59 Å². The molecule has 0 radical (unpaired) electrons. The topological polar surface area (TPSA) is 107 Å². The van der Waals surface area contributed by atoms with Crippen molar-refractivity contribution in [1.82, 2.24) is 14.4 Å². The minimum atomic E-state index is -4.45. The van der Waals surface area contributed by atoms with Gasteiger partial charge >= 0.3 is 12.2 Å². The minimum Gasteiger partial charge on any atom is -0.444 e. The molecule has 9 nitrogen and oxygen atoms in total. The van der Waals surface area contributed by atoms with Crippen molar-refractivity contribution in [2.45, 2.75) is 20.6 Å². The van der Waals surface area contributed by atoms with Gasteiger partial charge in [0.1, 0.15) is 13.2 Å². The number of aryl methyl sites for hydroxylation is 1. The van der Waals surface area contributed by atoms with Crippen molar-refractivity contribution in [3.05, 3.63) is 34.9 Å². The normalized spacial score (nSPS) is 12.4. The number of fused-ring (bicyclic) bond motifs is 1. The van der Waals surface area contributed by atoms with Gasteiger partial charge in [-0.15, -0.1) is 4.41 Å². The smallest absolute Gasteiger partial charge is 0.443 e. The lowest BCUT2D eigenvalue weighted by atomic mass is 10.2. The third-order valence-electron chi connectivity index (χ3n) is 3.90. The summed E-state index contributed by atoms with van der Waals surface area (Å²) in [6.07, 6.45) is -1.07. The van der Waals surface area contributed by atoms with Crippen LogP contribution in [0.4, 0.5) is 9.59 Å². The van der Waals surface area contributed by atoms with Crippen LogP contribution < -0.4 is 5.43 Å². The molecule has 34 heavy (non-hydrogen) atoms. The molecule has 0 saturated heterocycles. The zero-order valence-electron chi connectivity index (χ0n) is 16.8. The van der Waals surface area contributed by atoms with E-state index in [1.165, 1.54) is 0 Å². The summed E-state index contributed by atoms with van der Waals surface area (Å²) in [6, 6.07) is 7.51. The van der Waals surface area contributed by atoms with Crippen molar-refractivity contribution in [2.75, 3.05) is 19.0 Å². The van der Waals surface area contributed by atoms with Crippen LogP contribution in [0.2, 0.25) is 0 Å². The first-order chi connectivity index (χ1) is 15.6. The molecule has 2 amide bonds. The maximum Gasteiger partial charge on any atom is 0.443 e. The van der Waals surface area contributed by atoms with Crippen molar-refractivity contribution in [3.63, 3.8) is 0 Å². The molecular weight excluding hydrogens is 667 g/mol. The predicted octanol–water partition coefficient (Wildman–Crippen LogP) is 5.94. The number of amides is 2. The van der Waals surface area contributed by atoms with Gasteiger partial charge in [0, 0.05) is 28.1 Å². The zero-order valence-corrected chi connectivity index (χ0v) is 23.8. The highest BCUT2D eigenvalue weighted by molar-refractivity contribution is 9.10. The highest BCUT2D eigenvalue weighted by atomic mass is 79.9. The van der Waals surface area contributed by atoms with Crippen molar-refractivity contribution < 1.29 is 27.5 Å². The van der Waals surface area contributed by atoms with Crippen LogP contribution in [0.3, 0.4) is 0 Å². The van der Waals surface area contributed by atoms with Crippen molar-refractivity contribution >= 4 is 119 Å². The molecule has 17 heteroatoms. The quantitative estimate of drug-likeness (QED) is 0.286. The van der Waals surface area contributed by atoms with Crippen LogP contribution in [0.1, 0.15) is 6.42 Å². The fourth-order valence-corrected chi connectivity index (χ4v) is 4.44. The van der Waals surface area contributed by atoms with Crippen LogP contribution in [-0.2, 0) is 26.0 Å². The van der Waals surface area contributed by atoms with Crippen LogP contribution in [-0.4, -0.2) is 56.1 Å². The Morgan fingerprint density at radius 1 is 1.03 bits per heavy atom. The van der Waals surface area contributed by atoms with Gasteiger partial charge in [0.05, 0.1) is 5.75 Å². The van der Waals surface area contributed by atoms with E-state index >= 15 is 0 Å². The molecule has 0 aliphatic carbocycles. The molecular formula is C17H16BrCl6N3O6S. The van der Waals surface area contributed by atoms with Crippen molar-refractivity contribution in [3.8, 4) is 0 Å². The van der Waals surface area contributed by atoms with Crippen LogP contribution in [0.15, 0.2) is 34.9 Å². The third kappa shape index (κ3) is 9.85. The van der Waals surface area contributed by atoms with E-state index in [0.29, 0.717) is 6.54 Å². The van der Waals surface area contributed by atoms with Gasteiger partial charge in [0.15, 0.2) is 0 Å². The maximum absolute atomic E-state index is 12.8. The minimum absolute atomic E-state index is 0.0605. The van der Waals surface area contributed by atoms with E-state index in [1.807, 2.05) is 28.8 Å². The number of aromatic nitrogens is 1. The van der Waals surface area contributed by atoms with Crippen LogP contribution in [0.5, 0.6) is 0 Å². The van der Waals surface area contributed by atoms with Crippen LogP contribution >= 0.6 is 85.5 Å². The highest BCUT2D eigenvalue weighted by Crippen LogP contribution is 2.27. The summed E-state index contributed by atoms with van der Waals surface area (Å²) < 4.78 is 33.6. The summed E-state index contributed by atoms with van der Waals surface area (Å²) in [5.41, 5.74) is 2.62. The number of sulfonamides is 1. The molecule has 0 atom stereocenters. The first-order valence-corrected chi connectivity index (χ1v) is 13.8. The second kappa shape index (κ2) is 12.1. The Bertz CT molecular complexity index is 1130. The van der Waals surface area contributed by atoms with Crippen molar-refractivity contribution in [1.29, 1.82) is 0 Å². The molecule has 0 spiro atoms. The number of ether oxygens (including phenoxy) is 2. The van der Waals surface area contributed by atoms with E-state index in [0.717, 1.165) is 15.4 Å². The second-order valence-corrected chi connectivity index (χ2v) is 14.5. The number of benzene rings is 1. The molecule has 0 fully saturated rings. The highest BCUT2D eigenvalue weighted by Gasteiger charge is 2.34. The zero-order chi connectivity index (χ0) is 25.7. The van der Waals surface area contributed by atoms with Gasteiger partial charge in [0.25, 0.3) is 10.0 Å². The summed E-state index contributed by atoms with van der Waals surface area (Å²) in [5.74, 6) is -0.559. The lowest BCUT2D eigenvalue weighted by molar-refractivity contribution is 0.0997. The summed E-state index contributed by atoms with van der Waals surface area (Å²) in [5, 5.41) is 0.951. The Hall–Kier alpha value is -0.530. The molecule has 0 aliphatic heterocycles. The Labute approximate surface area is 233 Å². The number of halogens is 7. The molecule has 0 bridgehead atoms. The van der Waals surface area contributed by atoms with E-state index in [9.17, 15) is 18.0 Å². The van der Waals surface area contributed by atoms with Gasteiger partial charge < -0.3 is 14.0 Å². The number of hydrazine groups is 1. The number of carbonyl (C=O) groups excluding carboxylic acids is 2. The summed E-state index contributed by atoms with van der Waals surface area (Å²) in [4.78, 5) is 24.3. The SMILES string of the molecule is O=C(NN(C(=O)OCC(Cl)(Cl)Cl)S(=O)(=O)CCCn1ccc2cc(Br)ccc21)OCC(Cl)(Cl)Cl. The van der Waals surface area contributed by atoms with Gasteiger partial charge in [-0.1, -0.05) is 85.5 Å². The summed E-state index contributed by atoms with van der Waals surface area (Å²) >= 11 is 36.4. The maximum atomic E-state index is 12.8. The van der Waals surface area contributed by atoms with Crippen LogP contribution in [0.25, 0.3) is 10.9 Å². The molecule has 190 valence electrons. The summed E-state index contributed by atoms with van der Waals surface area (Å²) in [7, 11) is -4.45. The lowest BCUT2D eigenvalue weighted by Gasteiger charge is -2.23. The molecule has 0 unspecified atom stereocenters. The average Bonchev–Trinajstić information content (AvgIpc) is 3.09. The Morgan fingerprint density at radius 2 is 1.65 bits per heavy atom. The number of nitrogens with zero attached hydrogens (tertiary/aromatic N) is 2. The molecule has 2 aromatic rings. The molecule has 0 saturated carbocycles. The molecule has 2 rings (SSSR count). The van der Waals surface area contributed by atoms with E-state index in [-0.39, 0.29) is 10.8 Å². The molecule has 1 N–H and O–H groups in total. The standard InChI is InChI=1S/C17H16BrCl6N3O6S/c18-12-2-3-13-11(8-12)4-6-26(13)5-1-7-34(30,31)27(15(29)33-10-17(22,23)24)25-14(28)32-9-16(19,20)21/h2-4,6,8H,1,5,7,9-10H2,(H,25,28). The van der Waals surface area contributed by atoms with Gasteiger partial charge in [-0.2, -0.15) is 0 Å². The van der Waals surface area contributed by atoms with Gasteiger partial charge in [-0.25, -0.2) is 23.4 Å². The van der Waals surface area contributed by atoms with Crippen LogP contribution in [0, 0.1) is 0 Å². The van der Waals surface area contributed by atoms with E-state index < -0.39 is 48.8 Å². The number of rotatable bonds is 7.